The van der Waals surface area contributed by atoms with Crippen LogP contribution in [-0.2, 0) is 0 Å². The Morgan fingerprint density at radius 3 is 2.55 bits per heavy atom. The summed E-state index contributed by atoms with van der Waals surface area (Å²) in [6, 6.07) is 0.306. The van der Waals surface area contributed by atoms with E-state index in [9.17, 15) is 4.39 Å². The first kappa shape index (κ1) is 17.5. The molecule has 4 heteroatoms. The van der Waals surface area contributed by atoms with Crippen molar-refractivity contribution in [3.05, 3.63) is 23.9 Å². The first-order valence-corrected chi connectivity index (χ1v) is 8.75. The summed E-state index contributed by atoms with van der Waals surface area (Å²) in [6.07, 6.45) is 6.63. The van der Waals surface area contributed by atoms with Crippen LogP contribution in [0, 0.1) is 17.8 Å². The molecule has 2 nitrogen and oxygen atoms in total. The Hall–Kier alpha value is -0.830. The van der Waals surface area contributed by atoms with Gasteiger partial charge < -0.3 is 4.90 Å². The van der Waals surface area contributed by atoms with E-state index in [4.69, 9.17) is 11.6 Å². The number of rotatable bonds is 6. The predicted molar refractivity (Wildman–Crippen MR) is 92.9 cm³/mol. The van der Waals surface area contributed by atoms with Crippen molar-refractivity contribution in [2.75, 3.05) is 7.05 Å². The van der Waals surface area contributed by atoms with Gasteiger partial charge in [0, 0.05) is 35.7 Å². The van der Waals surface area contributed by atoms with Crippen LogP contribution in [0.4, 0.5) is 4.39 Å². The van der Waals surface area contributed by atoms with Gasteiger partial charge in [0.15, 0.2) is 0 Å². The number of hydrogen-bond acceptors (Lipinski definition) is 1. The second-order valence-corrected chi connectivity index (χ2v) is 7.28. The quantitative estimate of drug-likeness (QED) is 0.374. The van der Waals surface area contributed by atoms with Crippen LogP contribution in [0.15, 0.2) is 28.9 Å². The van der Waals surface area contributed by atoms with Crippen molar-refractivity contribution in [2.24, 2.45) is 22.7 Å². The first-order chi connectivity index (χ1) is 10.4. The van der Waals surface area contributed by atoms with E-state index in [1.807, 2.05) is 13.4 Å². The average Bonchev–Trinajstić information content (AvgIpc) is 3.30. The number of halogens is 2. The fraction of sp³-hybridized carbons (Fsp3) is 0.722. The summed E-state index contributed by atoms with van der Waals surface area (Å²) < 4.78 is 14.4. The number of allylic oxidation sites excluding steroid dienone is 2. The summed E-state index contributed by atoms with van der Waals surface area (Å²) in [5.41, 5.74) is 0.976. The topological polar surface area (TPSA) is 15.6 Å². The molecule has 0 amide bonds. The van der Waals surface area contributed by atoms with Crippen molar-refractivity contribution < 1.29 is 4.39 Å². The molecule has 4 atom stereocenters. The molecule has 0 saturated heterocycles. The van der Waals surface area contributed by atoms with E-state index in [1.165, 1.54) is 12.8 Å². The van der Waals surface area contributed by atoms with Gasteiger partial charge in [-0.1, -0.05) is 38.1 Å². The molecular formula is C18H28ClFN2. The van der Waals surface area contributed by atoms with Crippen LogP contribution in [0.5, 0.6) is 0 Å². The zero-order chi connectivity index (χ0) is 16.3. The maximum Gasteiger partial charge on any atom is 0.108 e. The summed E-state index contributed by atoms with van der Waals surface area (Å²) in [5.74, 6) is 0.689. The smallest absolute Gasteiger partial charge is 0.108 e. The standard InChI is InChI=1S/C18H28ClFN2/c1-5-14-10-17(20)16(12(2)19)8-9-18(14)22(4)11-21-13(3)15-6-7-15/h11,14-18H,2-3,5-10H2,1,4H3/b21-11-/t14?,16?,17-,18?/m0/s1. The summed E-state index contributed by atoms with van der Waals surface area (Å²) in [7, 11) is 2.04. The molecule has 2 saturated carbocycles. The Morgan fingerprint density at radius 1 is 1.32 bits per heavy atom. The zero-order valence-electron chi connectivity index (χ0n) is 13.8. The Balaban J connectivity index is 2.03. The molecule has 2 rings (SSSR count). The molecule has 0 aromatic carbocycles. The molecule has 22 heavy (non-hydrogen) atoms. The monoisotopic (exact) mass is 326 g/mol. The van der Waals surface area contributed by atoms with Crippen LogP contribution < -0.4 is 0 Å². The molecule has 0 aliphatic heterocycles. The van der Waals surface area contributed by atoms with Gasteiger partial charge in [0.1, 0.15) is 6.17 Å². The second-order valence-electron chi connectivity index (χ2n) is 6.79. The van der Waals surface area contributed by atoms with E-state index in [0.29, 0.717) is 29.3 Å². The number of hydrogen-bond donors (Lipinski definition) is 0. The Labute approximate surface area is 139 Å². The average molecular weight is 327 g/mol. The van der Waals surface area contributed by atoms with Gasteiger partial charge in [-0.15, -0.1) is 0 Å². The van der Waals surface area contributed by atoms with Crippen LogP contribution >= 0.6 is 11.6 Å². The minimum Gasteiger partial charge on any atom is -0.362 e. The van der Waals surface area contributed by atoms with Crippen LogP contribution in [0.3, 0.4) is 0 Å². The van der Waals surface area contributed by atoms with Crippen LogP contribution in [-0.4, -0.2) is 30.5 Å². The number of aliphatic imine (C=N–C) groups is 1. The van der Waals surface area contributed by atoms with Gasteiger partial charge in [-0.3, -0.25) is 0 Å². The lowest BCUT2D eigenvalue weighted by atomic mass is 9.91. The largest absolute Gasteiger partial charge is 0.362 e. The lowest BCUT2D eigenvalue weighted by Crippen LogP contribution is -2.36. The van der Waals surface area contributed by atoms with Crippen molar-refractivity contribution in [1.29, 1.82) is 0 Å². The van der Waals surface area contributed by atoms with E-state index in [0.717, 1.165) is 25.0 Å². The SMILES string of the molecule is C=C(/N=C\N(C)C1CCC(C(=C)Cl)[C@@H](F)CC1CC)C1CC1. The van der Waals surface area contributed by atoms with Crippen LogP contribution in [0.25, 0.3) is 0 Å². The third kappa shape index (κ3) is 4.34. The second kappa shape index (κ2) is 7.63. The molecule has 0 spiro atoms. The molecule has 2 fully saturated rings. The van der Waals surface area contributed by atoms with Gasteiger partial charge in [0.2, 0.25) is 0 Å². The molecule has 2 aliphatic rings. The molecule has 0 N–H and O–H groups in total. The van der Waals surface area contributed by atoms with Gasteiger partial charge >= 0.3 is 0 Å². The molecule has 0 aromatic heterocycles. The fourth-order valence-electron chi connectivity index (χ4n) is 3.48. The van der Waals surface area contributed by atoms with Gasteiger partial charge in [0.05, 0.1) is 6.34 Å². The molecule has 0 aromatic rings. The van der Waals surface area contributed by atoms with Crippen molar-refractivity contribution in [3.8, 4) is 0 Å². The molecule has 0 heterocycles. The molecule has 3 unspecified atom stereocenters. The molecule has 0 radical (unpaired) electrons. The van der Waals surface area contributed by atoms with E-state index < -0.39 is 6.17 Å². The Kier molecular flexibility index (Phi) is 6.08. The lowest BCUT2D eigenvalue weighted by Gasteiger charge is -2.31. The van der Waals surface area contributed by atoms with Gasteiger partial charge in [-0.2, -0.15) is 0 Å². The van der Waals surface area contributed by atoms with Crippen molar-refractivity contribution >= 4 is 17.9 Å². The predicted octanol–water partition coefficient (Wildman–Crippen LogP) is 5.16. The minimum atomic E-state index is -0.883. The van der Waals surface area contributed by atoms with Crippen LogP contribution in [0.2, 0.25) is 0 Å². The summed E-state index contributed by atoms with van der Waals surface area (Å²) in [4.78, 5) is 6.65. The highest BCUT2D eigenvalue weighted by molar-refractivity contribution is 6.29. The summed E-state index contributed by atoms with van der Waals surface area (Å²) in [6.45, 7) is 9.91. The third-order valence-corrected chi connectivity index (χ3v) is 5.47. The first-order valence-electron chi connectivity index (χ1n) is 8.37. The highest BCUT2D eigenvalue weighted by atomic mass is 35.5. The third-order valence-electron chi connectivity index (χ3n) is 5.19. The van der Waals surface area contributed by atoms with Crippen LogP contribution in [0.1, 0.15) is 45.4 Å². The van der Waals surface area contributed by atoms with E-state index in [1.54, 1.807) is 0 Å². The summed E-state index contributed by atoms with van der Waals surface area (Å²) in [5, 5.41) is 0.460. The number of nitrogens with zero attached hydrogens (tertiary/aromatic N) is 2. The molecular weight excluding hydrogens is 299 g/mol. The maximum absolute atomic E-state index is 14.4. The maximum atomic E-state index is 14.4. The molecule has 2 aliphatic carbocycles. The van der Waals surface area contributed by atoms with Crippen molar-refractivity contribution in [1.82, 2.24) is 4.90 Å². The van der Waals surface area contributed by atoms with E-state index in [-0.39, 0.29) is 5.92 Å². The van der Waals surface area contributed by atoms with Gasteiger partial charge in [-0.25, -0.2) is 9.38 Å². The highest BCUT2D eigenvalue weighted by Crippen LogP contribution is 2.38. The summed E-state index contributed by atoms with van der Waals surface area (Å²) >= 11 is 6.00. The van der Waals surface area contributed by atoms with E-state index in [2.05, 4.69) is 30.0 Å². The van der Waals surface area contributed by atoms with E-state index >= 15 is 0 Å². The fourth-order valence-corrected chi connectivity index (χ4v) is 3.72. The van der Waals surface area contributed by atoms with Crippen molar-refractivity contribution in [2.45, 2.75) is 57.7 Å². The normalized spacial score (nSPS) is 32.7. The Bertz CT molecular complexity index is 444. The van der Waals surface area contributed by atoms with Crippen molar-refractivity contribution in [3.63, 3.8) is 0 Å². The lowest BCUT2D eigenvalue weighted by molar-refractivity contribution is 0.194. The molecule has 124 valence electrons. The Morgan fingerprint density at radius 2 is 2.00 bits per heavy atom. The molecule has 0 bridgehead atoms. The zero-order valence-corrected chi connectivity index (χ0v) is 14.5. The van der Waals surface area contributed by atoms with Gasteiger partial charge in [-0.05, 0) is 38.0 Å². The number of alkyl halides is 1. The minimum absolute atomic E-state index is 0.215. The van der Waals surface area contributed by atoms with Gasteiger partial charge in [0.25, 0.3) is 0 Å². The highest BCUT2D eigenvalue weighted by Gasteiger charge is 2.35.